The molecule has 19 heavy (non-hydrogen) atoms. The molecule has 2 heterocycles. The predicted octanol–water partition coefficient (Wildman–Crippen LogP) is 3.45. The summed E-state index contributed by atoms with van der Waals surface area (Å²) in [6.07, 6.45) is 1.93. The summed E-state index contributed by atoms with van der Waals surface area (Å²) in [5.74, 6) is 0. The molecule has 0 radical (unpaired) electrons. The average Bonchev–Trinajstić information content (AvgIpc) is 2.82. The SMILES string of the molecule is CNC(c1ccc(C)nc1)c1nc(C(C)(C)C)cs1. The molecule has 2 rings (SSSR count). The topological polar surface area (TPSA) is 37.8 Å². The lowest BCUT2D eigenvalue weighted by molar-refractivity contribution is 0.566. The van der Waals surface area contributed by atoms with Crippen LogP contribution in [0.4, 0.5) is 0 Å². The van der Waals surface area contributed by atoms with Crippen molar-refractivity contribution in [2.75, 3.05) is 7.05 Å². The van der Waals surface area contributed by atoms with Gasteiger partial charge < -0.3 is 5.32 Å². The van der Waals surface area contributed by atoms with Crippen molar-refractivity contribution >= 4 is 11.3 Å². The molecule has 1 unspecified atom stereocenters. The molecule has 3 nitrogen and oxygen atoms in total. The van der Waals surface area contributed by atoms with Crippen molar-refractivity contribution in [3.63, 3.8) is 0 Å². The number of pyridine rings is 1. The van der Waals surface area contributed by atoms with E-state index in [-0.39, 0.29) is 11.5 Å². The van der Waals surface area contributed by atoms with E-state index in [9.17, 15) is 0 Å². The van der Waals surface area contributed by atoms with E-state index in [1.165, 1.54) is 0 Å². The first-order valence-electron chi connectivity index (χ1n) is 6.47. The second kappa shape index (κ2) is 5.39. The average molecular weight is 275 g/mol. The van der Waals surface area contributed by atoms with Gasteiger partial charge in [0.05, 0.1) is 11.7 Å². The molecule has 0 amide bonds. The molecule has 0 fully saturated rings. The molecule has 0 spiro atoms. The molecule has 0 bridgehead atoms. The quantitative estimate of drug-likeness (QED) is 0.932. The van der Waals surface area contributed by atoms with Gasteiger partial charge in [-0.2, -0.15) is 0 Å². The predicted molar refractivity (Wildman–Crippen MR) is 80.7 cm³/mol. The van der Waals surface area contributed by atoms with Gasteiger partial charge in [0, 0.05) is 22.7 Å². The Bertz CT molecular complexity index is 537. The van der Waals surface area contributed by atoms with Crippen LogP contribution in [0.25, 0.3) is 0 Å². The Morgan fingerprint density at radius 1 is 1.26 bits per heavy atom. The summed E-state index contributed by atoms with van der Waals surface area (Å²) in [5.41, 5.74) is 3.43. The number of nitrogens with one attached hydrogen (secondary N) is 1. The fourth-order valence-electron chi connectivity index (χ4n) is 1.85. The van der Waals surface area contributed by atoms with Gasteiger partial charge in [0.25, 0.3) is 0 Å². The van der Waals surface area contributed by atoms with Crippen molar-refractivity contribution in [1.82, 2.24) is 15.3 Å². The Morgan fingerprint density at radius 2 is 2.00 bits per heavy atom. The molecular formula is C15H21N3S. The zero-order chi connectivity index (χ0) is 14.0. The van der Waals surface area contributed by atoms with Crippen LogP contribution in [-0.2, 0) is 5.41 Å². The third-order valence-corrected chi connectivity index (χ3v) is 4.00. The second-order valence-corrected chi connectivity index (χ2v) is 6.67. The van der Waals surface area contributed by atoms with E-state index in [0.717, 1.165) is 22.0 Å². The molecule has 0 aliphatic rings. The standard InChI is InChI=1S/C15H21N3S/c1-10-6-7-11(8-17-10)13(16-5)14-18-12(9-19-14)15(2,3)4/h6-9,13,16H,1-5H3. The number of thiazole rings is 1. The molecule has 2 aromatic rings. The maximum Gasteiger partial charge on any atom is 0.114 e. The van der Waals surface area contributed by atoms with Crippen LogP contribution in [0.3, 0.4) is 0 Å². The molecule has 1 N–H and O–H groups in total. The number of hydrogen-bond donors (Lipinski definition) is 1. The van der Waals surface area contributed by atoms with Crippen LogP contribution in [0.1, 0.15) is 48.8 Å². The number of hydrogen-bond acceptors (Lipinski definition) is 4. The van der Waals surface area contributed by atoms with Gasteiger partial charge >= 0.3 is 0 Å². The normalized spacial score (nSPS) is 13.5. The summed E-state index contributed by atoms with van der Waals surface area (Å²) in [6.45, 7) is 8.56. The molecule has 102 valence electrons. The van der Waals surface area contributed by atoms with Crippen LogP contribution >= 0.6 is 11.3 Å². The Labute approximate surface area is 119 Å². The summed E-state index contributed by atoms with van der Waals surface area (Å²) in [5, 5.41) is 6.58. The van der Waals surface area contributed by atoms with Crippen LogP contribution < -0.4 is 5.32 Å². The van der Waals surface area contributed by atoms with Crippen LogP contribution in [0.2, 0.25) is 0 Å². The monoisotopic (exact) mass is 275 g/mol. The zero-order valence-electron chi connectivity index (χ0n) is 12.2. The number of nitrogens with zero attached hydrogens (tertiary/aromatic N) is 2. The number of aromatic nitrogens is 2. The summed E-state index contributed by atoms with van der Waals surface area (Å²) in [6, 6.07) is 4.27. The van der Waals surface area contributed by atoms with Crippen LogP contribution in [0.5, 0.6) is 0 Å². The van der Waals surface area contributed by atoms with E-state index in [4.69, 9.17) is 4.98 Å². The van der Waals surface area contributed by atoms with E-state index in [2.05, 4.69) is 42.5 Å². The first-order chi connectivity index (χ1) is 8.91. The van der Waals surface area contributed by atoms with Crippen molar-refractivity contribution < 1.29 is 0 Å². The molecule has 4 heteroatoms. The third kappa shape index (κ3) is 3.19. The Hall–Kier alpha value is -1.26. The van der Waals surface area contributed by atoms with Crippen LogP contribution in [0.15, 0.2) is 23.7 Å². The molecular weight excluding hydrogens is 254 g/mol. The fraction of sp³-hybridized carbons (Fsp3) is 0.467. The largest absolute Gasteiger partial charge is 0.307 e. The van der Waals surface area contributed by atoms with Gasteiger partial charge in [-0.25, -0.2) is 4.98 Å². The van der Waals surface area contributed by atoms with E-state index in [1.807, 2.05) is 26.2 Å². The van der Waals surface area contributed by atoms with E-state index in [1.54, 1.807) is 11.3 Å². The van der Waals surface area contributed by atoms with Crippen molar-refractivity contribution in [3.8, 4) is 0 Å². The molecule has 2 aromatic heterocycles. The molecule has 0 aromatic carbocycles. The van der Waals surface area contributed by atoms with Gasteiger partial charge in [-0.05, 0) is 25.6 Å². The van der Waals surface area contributed by atoms with Crippen LogP contribution in [0, 0.1) is 6.92 Å². The molecule has 0 aliphatic heterocycles. The van der Waals surface area contributed by atoms with E-state index >= 15 is 0 Å². The van der Waals surface area contributed by atoms with Gasteiger partial charge in [0.2, 0.25) is 0 Å². The minimum absolute atomic E-state index is 0.0958. The molecule has 1 atom stereocenters. The minimum Gasteiger partial charge on any atom is -0.307 e. The molecule has 0 saturated carbocycles. The Morgan fingerprint density at radius 3 is 2.47 bits per heavy atom. The highest BCUT2D eigenvalue weighted by Gasteiger charge is 2.21. The minimum atomic E-state index is 0.0958. The van der Waals surface area contributed by atoms with Gasteiger partial charge in [-0.15, -0.1) is 11.3 Å². The maximum absolute atomic E-state index is 4.78. The van der Waals surface area contributed by atoms with Gasteiger partial charge in [0.15, 0.2) is 0 Å². The lowest BCUT2D eigenvalue weighted by Crippen LogP contribution is -2.19. The van der Waals surface area contributed by atoms with Gasteiger partial charge in [-0.3, -0.25) is 4.98 Å². The van der Waals surface area contributed by atoms with Crippen LogP contribution in [-0.4, -0.2) is 17.0 Å². The Balaban J connectivity index is 2.32. The smallest absolute Gasteiger partial charge is 0.114 e. The first-order valence-corrected chi connectivity index (χ1v) is 7.35. The fourth-order valence-corrected chi connectivity index (χ4v) is 3.03. The zero-order valence-corrected chi connectivity index (χ0v) is 13.0. The van der Waals surface area contributed by atoms with E-state index in [0.29, 0.717) is 0 Å². The molecule has 0 aliphatic carbocycles. The maximum atomic E-state index is 4.78. The van der Waals surface area contributed by atoms with Gasteiger partial charge in [-0.1, -0.05) is 26.8 Å². The summed E-state index contributed by atoms with van der Waals surface area (Å²) in [4.78, 5) is 9.15. The second-order valence-electron chi connectivity index (χ2n) is 5.78. The number of aryl methyl sites for hydroxylation is 1. The highest BCUT2D eigenvalue weighted by atomic mass is 32.1. The van der Waals surface area contributed by atoms with Crippen molar-refractivity contribution in [2.24, 2.45) is 0 Å². The van der Waals surface area contributed by atoms with Crippen molar-refractivity contribution in [1.29, 1.82) is 0 Å². The van der Waals surface area contributed by atoms with Crippen molar-refractivity contribution in [2.45, 2.75) is 39.2 Å². The van der Waals surface area contributed by atoms with E-state index < -0.39 is 0 Å². The third-order valence-electron chi connectivity index (χ3n) is 3.09. The summed E-state index contributed by atoms with van der Waals surface area (Å²) < 4.78 is 0. The lowest BCUT2D eigenvalue weighted by Gasteiger charge is -2.16. The Kier molecular flexibility index (Phi) is 4.02. The first kappa shape index (κ1) is 14.2. The van der Waals surface area contributed by atoms with Crippen molar-refractivity contribution in [3.05, 3.63) is 45.7 Å². The summed E-state index contributed by atoms with van der Waals surface area (Å²) >= 11 is 1.71. The lowest BCUT2D eigenvalue weighted by atomic mass is 9.93. The summed E-state index contributed by atoms with van der Waals surface area (Å²) in [7, 11) is 1.96. The highest BCUT2D eigenvalue weighted by Crippen LogP contribution is 2.29. The molecule has 0 saturated heterocycles. The highest BCUT2D eigenvalue weighted by molar-refractivity contribution is 7.09. The van der Waals surface area contributed by atoms with Gasteiger partial charge in [0.1, 0.15) is 5.01 Å². The number of rotatable bonds is 3.